The molecule has 1 saturated heterocycles. The molecule has 1 unspecified atom stereocenters. The largest absolute Gasteiger partial charge is 0.317 e. The average molecular weight is 196 g/mol. The minimum atomic E-state index is 0.590. The van der Waals surface area contributed by atoms with Crippen molar-refractivity contribution in [3.63, 3.8) is 0 Å². The molecule has 0 amide bonds. The third kappa shape index (κ3) is 2.12. The van der Waals surface area contributed by atoms with Crippen molar-refractivity contribution in [3.8, 4) is 0 Å². The molecule has 1 N–H and O–H groups in total. The number of nitrogens with zero attached hydrogens (tertiary/aromatic N) is 1. The zero-order valence-corrected chi connectivity index (χ0v) is 9.68. The van der Waals surface area contributed by atoms with Crippen LogP contribution in [-0.4, -0.2) is 37.1 Å². The van der Waals surface area contributed by atoms with Crippen LogP contribution in [0.15, 0.2) is 0 Å². The Morgan fingerprint density at radius 3 is 2.21 bits per heavy atom. The Labute approximate surface area is 88.1 Å². The summed E-state index contributed by atoms with van der Waals surface area (Å²) in [7, 11) is 0. The highest BCUT2D eigenvalue weighted by atomic mass is 15.2. The molecule has 2 heteroatoms. The van der Waals surface area contributed by atoms with Gasteiger partial charge in [0.1, 0.15) is 0 Å². The summed E-state index contributed by atoms with van der Waals surface area (Å²) in [6.45, 7) is 9.89. The first-order valence-corrected chi connectivity index (χ1v) is 6.15. The minimum absolute atomic E-state index is 0.590. The lowest BCUT2D eigenvalue weighted by atomic mass is 9.66. The first-order valence-electron chi connectivity index (χ1n) is 6.15. The Morgan fingerprint density at radius 1 is 1.14 bits per heavy atom. The van der Waals surface area contributed by atoms with Crippen molar-refractivity contribution in [3.05, 3.63) is 0 Å². The van der Waals surface area contributed by atoms with Crippen molar-refractivity contribution in [1.82, 2.24) is 10.2 Å². The molecule has 0 radical (unpaired) electrons. The van der Waals surface area contributed by atoms with E-state index in [0.717, 1.165) is 6.04 Å². The molecular formula is C12H24N2. The van der Waals surface area contributed by atoms with E-state index in [2.05, 4.69) is 24.1 Å². The number of hydrogen-bond donors (Lipinski definition) is 1. The van der Waals surface area contributed by atoms with Gasteiger partial charge >= 0.3 is 0 Å². The molecule has 1 saturated carbocycles. The van der Waals surface area contributed by atoms with Gasteiger partial charge in [0.05, 0.1) is 0 Å². The maximum absolute atomic E-state index is 3.48. The molecule has 14 heavy (non-hydrogen) atoms. The summed E-state index contributed by atoms with van der Waals surface area (Å²) in [5, 5.41) is 3.48. The van der Waals surface area contributed by atoms with Gasteiger partial charge in [-0.2, -0.15) is 0 Å². The minimum Gasteiger partial charge on any atom is -0.317 e. The fourth-order valence-corrected chi connectivity index (χ4v) is 2.89. The first kappa shape index (κ1) is 10.4. The van der Waals surface area contributed by atoms with Crippen LogP contribution < -0.4 is 5.32 Å². The maximum atomic E-state index is 3.48. The summed E-state index contributed by atoms with van der Waals surface area (Å²) in [6.07, 6.45) is 5.51. The van der Waals surface area contributed by atoms with Gasteiger partial charge in [-0.15, -0.1) is 0 Å². The summed E-state index contributed by atoms with van der Waals surface area (Å²) in [6, 6.07) is 0.876. The van der Waals surface area contributed by atoms with Crippen LogP contribution in [0.25, 0.3) is 0 Å². The lowest BCUT2D eigenvalue weighted by molar-refractivity contribution is -0.00308. The average Bonchev–Trinajstić information content (AvgIpc) is 2.07. The summed E-state index contributed by atoms with van der Waals surface area (Å²) in [5.41, 5.74) is 0.590. The Bertz CT molecular complexity index is 181. The van der Waals surface area contributed by atoms with Crippen LogP contribution in [0.2, 0.25) is 0 Å². The fourth-order valence-electron chi connectivity index (χ4n) is 2.89. The van der Waals surface area contributed by atoms with E-state index in [0.29, 0.717) is 5.41 Å². The smallest absolute Gasteiger partial charge is 0.0147 e. The fraction of sp³-hybridized carbons (Fsp3) is 1.00. The highest BCUT2D eigenvalue weighted by Gasteiger charge is 2.41. The molecule has 0 aromatic heterocycles. The van der Waals surface area contributed by atoms with Crippen LogP contribution in [0, 0.1) is 5.41 Å². The zero-order valence-electron chi connectivity index (χ0n) is 9.68. The molecule has 2 nitrogen and oxygen atoms in total. The standard InChI is InChI=1S/C12H24N2/c1-12(2)6-5-11(12)14-9-3-7-13-8-4-10-14/h11,13H,3-10H2,1-2H3. The molecule has 1 aliphatic carbocycles. The number of rotatable bonds is 1. The zero-order chi connectivity index (χ0) is 10.0. The molecule has 0 aromatic rings. The maximum Gasteiger partial charge on any atom is 0.0147 e. The van der Waals surface area contributed by atoms with E-state index in [1.165, 1.54) is 51.9 Å². The second kappa shape index (κ2) is 4.19. The Kier molecular flexibility index (Phi) is 3.13. The van der Waals surface area contributed by atoms with Gasteiger partial charge in [0.2, 0.25) is 0 Å². The van der Waals surface area contributed by atoms with Crippen molar-refractivity contribution in [1.29, 1.82) is 0 Å². The molecule has 0 bridgehead atoms. The summed E-state index contributed by atoms with van der Waals surface area (Å²) < 4.78 is 0. The first-order chi connectivity index (χ1) is 6.70. The van der Waals surface area contributed by atoms with Crippen molar-refractivity contribution in [2.24, 2.45) is 5.41 Å². The lowest BCUT2D eigenvalue weighted by Gasteiger charge is -2.51. The van der Waals surface area contributed by atoms with Crippen LogP contribution in [0.5, 0.6) is 0 Å². The van der Waals surface area contributed by atoms with E-state index in [1.807, 2.05) is 0 Å². The summed E-state index contributed by atoms with van der Waals surface area (Å²) >= 11 is 0. The van der Waals surface area contributed by atoms with E-state index < -0.39 is 0 Å². The van der Waals surface area contributed by atoms with E-state index in [4.69, 9.17) is 0 Å². The Morgan fingerprint density at radius 2 is 1.79 bits per heavy atom. The van der Waals surface area contributed by atoms with E-state index in [1.54, 1.807) is 0 Å². The highest BCUT2D eigenvalue weighted by Crippen LogP contribution is 2.43. The van der Waals surface area contributed by atoms with Gasteiger partial charge in [-0.1, -0.05) is 13.8 Å². The topological polar surface area (TPSA) is 15.3 Å². The molecule has 2 aliphatic rings. The number of hydrogen-bond acceptors (Lipinski definition) is 2. The molecule has 1 heterocycles. The molecule has 2 fully saturated rings. The molecule has 1 atom stereocenters. The van der Waals surface area contributed by atoms with Crippen LogP contribution in [0.4, 0.5) is 0 Å². The normalized spacial score (nSPS) is 34.3. The van der Waals surface area contributed by atoms with Gasteiger partial charge in [-0.05, 0) is 57.3 Å². The SMILES string of the molecule is CC1(C)CCC1N1CCCNCCC1. The molecule has 0 spiro atoms. The molecule has 0 aromatic carbocycles. The van der Waals surface area contributed by atoms with Gasteiger partial charge in [0.25, 0.3) is 0 Å². The molecular weight excluding hydrogens is 172 g/mol. The molecule has 2 rings (SSSR count). The van der Waals surface area contributed by atoms with E-state index >= 15 is 0 Å². The Hall–Kier alpha value is -0.0800. The van der Waals surface area contributed by atoms with E-state index in [9.17, 15) is 0 Å². The monoisotopic (exact) mass is 196 g/mol. The van der Waals surface area contributed by atoms with Crippen LogP contribution in [0.1, 0.15) is 39.5 Å². The summed E-state index contributed by atoms with van der Waals surface area (Å²) in [4.78, 5) is 2.74. The van der Waals surface area contributed by atoms with Crippen molar-refractivity contribution >= 4 is 0 Å². The van der Waals surface area contributed by atoms with Gasteiger partial charge in [0, 0.05) is 6.04 Å². The quantitative estimate of drug-likeness (QED) is 0.688. The van der Waals surface area contributed by atoms with Gasteiger partial charge in [-0.3, -0.25) is 4.90 Å². The van der Waals surface area contributed by atoms with Crippen LogP contribution in [-0.2, 0) is 0 Å². The van der Waals surface area contributed by atoms with Gasteiger partial charge in [-0.25, -0.2) is 0 Å². The van der Waals surface area contributed by atoms with Gasteiger partial charge in [0.15, 0.2) is 0 Å². The van der Waals surface area contributed by atoms with E-state index in [-0.39, 0.29) is 0 Å². The number of nitrogens with one attached hydrogen (secondary N) is 1. The summed E-state index contributed by atoms with van der Waals surface area (Å²) in [5.74, 6) is 0. The predicted molar refractivity (Wildman–Crippen MR) is 60.5 cm³/mol. The van der Waals surface area contributed by atoms with Crippen molar-refractivity contribution in [2.75, 3.05) is 26.2 Å². The predicted octanol–water partition coefficient (Wildman–Crippen LogP) is 1.86. The second-order valence-corrected chi connectivity index (χ2v) is 5.54. The van der Waals surface area contributed by atoms with Crippen LogP contribution in [0.3, 0.4) is 0 Å². The highest BCUT2D eigenvalue weighted by molar-refractivity contribution is 4.95. The molecule has 1 aliphatic heterocycles. The Balaban J connectivity index is 1.88. The van der Waals surface area contributed by atoms with Crippen molar-refractivity contribution in [2.45, 2.75) is 45.6 Å². The second-order valence-electron chi connectivity index (χ2n) is 5.54. The van der Waals surface area contributed by atoms with Gasteiger partial charge < -0.3 is 5.32 Å². The third-order valence-electron chi connectivity index (χ3n) is 4.00. The molecule has 82 valence electrons. The third-order valence-corrected chi connectivity index (χ3v) is 4.00. The lowest BCUT2D eigenvalue weighted by Crippen LogP contribution is -2.54. The van der Waals surface area contributed by atoms with Crippen LogP contribution >= 0.6 is 0 Å². The van der Waals surface area contributed by atoms with Crippen molar-refractivity contribution < 1.29 is 0 Å².